The predicted octanol–water partition coefficient (Wildman–Crippen LogP) is 1.50. The van der Waals surface area contributed by atoms with E-state index in [1.807, 2.05) is 19.1 Å². The Balaban J connectivity index is 2.16. The van der Waals surface area contributed by atoms with Crippen LogP contribution in [0, 0.1) is 18.8 Å². The number of aryl methyl sites for hydroxylation is 1. The lowest BCUT2D eigenvalue weighted by atomic mass is 9.78. The van der Waals surface area contributed by atoms with Crippen LogP contribution in [-0.4, -0.2) is 19.0 Å². The van der Waals surface area contributed by atoms with Gasteiger partial charge >= 0.3 is 0 Å². The molecular weight excluding hydrogens is 270 g/mol. The average molecular weight is 290 g/mol. The molecule has 1 fully saturated rings. The number of benzene rings is 1. The maximum atomic E-state index is 12.4. The van der Waals surface area contributed by atoms with Gasteiger partial charge in [-0.25, -0.2) is 0 Å². The third-order valence-electron chi connectivity index (χ3n) is 4.02. The molecule has 5 heteroatoms. The Morgan fingerprint density at radius 1 is 1.24 bits per heavy atom. The van der Waals surface area contributed by atoms with Crippen LogP contribution < -0.4 is 15.2 Å². The second-order valence-electron chi connectivity index (χ2n) is 5.51. The van der Waals surface area contributed by atoms with E-state index in [9.17, 15) is 14.7 Å². The van der Waals surface area contributed by atoms with Gasteiger partial charge in [-0.05, 0) is 37.5 Å². The molecule has 0 aliphatic heterocycles. The van der Waals surface area contributed by atoms with Crippen LogP contribution in [0.1, 0.15) is 31.2 Å². The Labute approximate surface area is 124 Å². The second kappa shape index (κ2) is 6.61. The summed E-state index contributed by atoms with van der Waals surface area (Å²) < 4.78 is 5.22. The van der Waals surface area contributed by atoms with Crippen molar-refractivity contribution in [2.24, 2.45) is 11.8 Å². The summed E-state index contributed by atoms with van der Waals surface area (Å²) in [5.41, 5.74) is 1.57. The number of ether oxygens (including phenoxy) is 1. The summed E-state index contributed by atoms with van der Waals surface area (Å²) in [6.07, 6.45) is 2.78. The fraction of sp³-hybridized carbons (Fsp3) is 0.500. The van der Waals surface area contributed by atoms with Gasteiger partial charge in [0.1, 0.15) is 5.75 Å². The molecule has 2 atom stereocenters. The largest absolute Gasteiger partial charge is 0.550 e. The summed E-state index contributed by atoms with van der Waals surface area (Å²) in [6.45, 7) is 1.92. The third-order valence-corrected chi connectivity index (χ3v) is 4.02. The highest BCUT2D eigenvalue weighted by Crippen LogP contribution is 2.32. The number of aliphatic carboxylic acids is 1. The first-order valence-corrected chi connectivity index (χ1v) is 7.19. The maximum Gasteiger partial charge on any atom is 0.228 e. The van der Waals surface area contributed by atoms with Gasteiger partial charge < -0.3 is 20.0 Å². The molecular formula is C16H20NO4-. The van der Waals surface area contributed by atoms with Crippen LogP contribution in [0.15, 0.2) is 18.2 Å². The Morgan fingerprint density at radius 3 is 2.52 bits per heavy atom. The molecule has 0 heterocycles. The molecule has 0 radical (unpaired) electrons. The quantitative estimate of drug-likeness (QED) is 0.911. The van der Waals surface area contributed by atoms with Gasteiger partial charge in [-0.1, -0.05) is 18.9 Å². The van der Waals surface area contributed by atoms with Crippen LogP contribution in [0.5, 0.6) is 5.75 Å². The number of carbonyl (C=O) groups is 2. The topological polar surface area (TPSA) is 78.5 Å². The molecule has 1 aromatic rings. The van der Waals surface area contributed by atoms with Crippen molar-refractivity contribution < 1.29 is 19.4 Å². The highest BCUT2D eigenvalue weighted by molar-refractivity contribution is 5.96. The van der Waals surface area contributed by atoms with Gasteiger partial charge in [-0.3, -0.25) is 4.79 Å². The molecule has 21 heavy (non-hydrogen) atoms. The molecule has 1 aliphatic carbocycles. The fourth-order valence-electron chi connectivity index (χ4n) is 2.87. The molecule has 0 saturated heterocycles. The molecule has 114 valence electrons. The molecule has 1 N–H and O–H groups in total. The van der Waals surface area contributed by atoms with Gasteiger partial charge in [0.25, 0.3) is 0 Å². The van der Waals surface area contributed by atoms with Crippen LogP contribution in [0.2, 0.25) is 0 Å². The molecule has 2 rings (SSSR count). The highest BCUT2D eigenvalue weighted by Gasteiger charge is 2.32. The monoisotopic (exact) mass is 290 g/mol. The molecule has 1 amide bonds. The number of anilines is 1. The second-order valence-corrected chi connectivity index (χ2v) is 5.51. The van der Waals surface area contributed by atoms with E-state index in [4.69, 9.17) is 4.74 Å². The van der Waals surface area contributed by atoms with Crippen molar-refractivity contribution in [1.82, 2.24) is 0 Å². The first kappa shape index (κ1) is 15.4. The Bertz CT molecular complexity index is 541. The minimum Gasteiger partial charge on any atom is -0.550 e. The van der Waals surface area contributed by atoms with E-state index < -0.39 is 17.8 Å². The van der Waals surface area contributed by atoms with E-state index in [1.165, 1.54) is 7.11 Å². The molecule has 0 unspecified atom stereocenters. The van der Waals surface area contributed by atoms with E-state index in [0.717, 1.165) is 18.4 Å². The molecule has 1 aliphatic rings. The SMILES string of the molecule is COc1ccc(C)cc1NC(=O)[C@@H]1CCCC[C@@H]1C(=O)[O-]. The summed E-state index contributed by atoms with van der Waals surface area (Å²) in [7, 11) is 1.53. The number of carboxylic acid groups (broad SMARTS) is 1. The van der Waals surface area contributed by atoms with Crippen LogP contribution in [0.4, 0.5) is 5.69 Å². The Kier molecular flexibility index (Phi) is 4.83. The van der Waals surface area contributed by atoms with Gasteiger partial charge in [0.15, 0.2) is 0 Å². The van der Waals surface area contributed by atoms with E-state index in [0.29, 0.717) is 24.3 Å². The maximum absolute atomic E-state index is 12.4. The first-order chi connectivity index (χ1) is 10.0. The number of amides is 1. The number of hydrogen-bond acceptors (Lipinski definition) is 4. The summed E-state index contributed by atoms with van der Waals surface area (Å²) in [5, 5.41) is 14.0. The average Bonchev–Trinajstić information content (AvgIpc) is 2.47. The summed E-state index contributed by atoms with van der Waals surface area (Å²) in [4.78, 5) is 23.6. The molecule has 1 saturated carbocycles. The minimum absolute atomic E-state index is 0.271. The van der Waals surface area contributed by atoms with Crippen molar-refractivity contribution in [3.8, 4) is 5.75 Å². The van der Waals surface area contributed by atoms with E-state index >= 15 is 0 Å². The summed E-state index contributed by atoms with van der Waals surface area (Å²) in [5.74, 6) is -2.07. The fourth-order valence-corrected chi connectivity index (χ4v) is 2.87. The number of carboxylic acids is 1. The van der Waals surface area contributed by atoms with Gasteiger partial charge in [-0.2, -0.15) is 0 Å². The zero-order valence-corrected chi connectivity index (χ0v) is 12.3. The smallest absolute Gasteiger partial charge is 0.228 e. The van der Waals surface area contributed by atoms with E-state index in [2.05, 4.69) is 5.32 Å². The minimum atomic E-state index is -1.13. The zero-order valence-electron chi connectivity index (χ0n) is 12.3. The Morgan fingerprint density at radius 2 is 1.90 bits per heavy atom. The third kappa shape index (κ3) is 3.54. The van der Waals surface area contributed by atoms with Crippen molar-refractivity contribution >= 4 is 17.6 Å². The number of carbonyl (C=O) groups excluding carboxylic acids is 2. The van der Waals surface area contributed by atoms with Gasteiger partial charge in [0, 0.05) is 17.8 Å². The zero-order chi connectivity index (χ0) is 15.4. The van der Waals surface area contributed by atoms with Gasteiger partial charge in [-0.15, -0.1) is 0 Å². The summed E-state index contributed by atoms with van der Waals surface area (Å²) in [6, 6.07) is 5.48. The normalized spacial score (nSPS) is 21.6. The Hall–Kier alpha value is -2.04. The number of methoxy groups -OCH3 is 1. The summed E-state index contributed by atoms with van der Waals surface area (Å²) >= 11 is 0. The molecule has 0 aromatic heterocycles. The molecule has 5 nitrogen and oxygen atoms in total. The lowest BCUT2D eigenvalue weighted by Gasteiger charge is -2.31. The van der Waals surface area contributed by atoms with Crippen molar-refractivity contribution in [3.63, 3.8) is 0 Å². The van der Waals surface area contributed by atoms with Crippen molar-refractivity contribution in [3.05, 3.63) is 23.8 Å². The van der Waals surface area contributed by atoms with Crippen LogP contribution in [0.25, 0.3) is 0 Å². The lowest BCUT2D eigenvalue weighted by molar-refractivity contribution is -0.313. The van der Waals surface area contributed by atoms with Gasteiger partial charge in [0.2, 0.25) is 5.91 Å². The van der Waals surface area contributed by atoms with Crippen molar-refractivity contribution in [2.45, 2.75) is 32.6 Å². The first-order valence-electron chi connectivity index (χ1n) is 7.19. The highest BCUT2D eigenvalue weighted by atomic mass is 16.5. The van der Waals surface area contributed by atoms with Crippen molar-refractivity contribution in [2.75, 3.05) is 12.4 Å². The number of hydrogen-bond donors (Lipinski definition) is 1. The van der Waals surface area contributed by atoms with Crippen LogP contribution in [0.3, 0.4) is 0 Å². The van der Waals surface area contributed by atoms with Gasteiger partial charge in [0.05, 0.1) is 12.8 Å². The van der Waals surface area contributed by atoms with Crippen molar-refractivity contribution in [1.29, 1.82) is 0 Å². The molecule has 1 aromatic carbocycles. The van der Waals surface area contributed by atoms with Crippen LogP contribution >= 0.6 is 0 Å². The lowest BCUT2D eigenvalue weighted by Crippen LogP contribution is -2.42. The molecule has 0 spiro atoms. The predicted molar refractivity (Wildman–Crippen MR) is 76.8 cm³/mol. The number of nitrogens with one attached hydrogen (secondary N) is 1. The standard InChI is InChI=1S/C16H21NO4/c1-10-7-8-14(21-2)13(9-10)17-15(18)11-5-3-4-6-12(11)16(19)20/h7-9,11-12H,3-6H2,1-2H3,(H,17,18)(H,19,20)/p-1/t11-,12+/m1/s1. The number of rotatable bonds is 4. The molecule has 0 bridgehead atoms. The van der Waals surface area contributed by atoms with E-state index in [1.54, 1.807) is 6.07 Å². The van der Waals surface area contributed by atoms with E-state index in [-0.39, 0.29) is 5.91 Å². The van der Waals surface area contributed by atoms with Crippen LogP contribution in [-0.2, 0) is 9.59 Å².